The Balaban J connectivity index is 1.85. The van der Waals surface area contributed by atoms with Crippen molar-refractivity contribution in [3.8, 4) is 0 Å². The number of benzene rings is 1. The van der Waals surface area contributed by atoms with Crippen LogP contribution < -0.4 is 5.32 Å². The van der Waals surface area contributed by atoms with Gasteiger partial charge in [0, 0.05) is 6.54 Å². The van der Waals surface area contributed by atoms with Gasteiger partial charge >= 0.3 is 12.1 Å². The first kappa shape index (κ1) is 20.8. The molecule has 9 nitrogen and oxygen atoms in total. The summed E-state index contributed by atoms with van der Waals surface area (Å²) < 4.78 is 4.84. The highest BCUT2D eigenvalue weighted by molar-refractivity contribution is 6.30. The van der Waals surface area contributed by atoms with Crippen molar-refractivity contribution in [2.24, 2.45) is 0 Å². The predicted octanol–water partition coefficient (Wildman–Crippen LogP) is 3.55. The molecule has 160 valence electrons. The number of carbonyl (C=O) groups is 2. The van der Waals surface area contributed by atoms with Crippen molar-refractivity contribution in [3.63, 3.8) is 0 Å². The van der Waals surface area contributed by atoms with Crippen molar-refractivity contribution < 1.29 is 19.4 Å². The molecular weight excluding hydrogens is 422 g/mol. The minimum atomic E-state index is -0.983. The van der Waals surface area contributed by atoms with E-state index in [-0.39, 0.29) is 17.3 Å². The summed E-state index contributed by atoms with van der Waals surface area (Å²) in [5.41, 5.74) is 0.950. The first-order chi connectivity index (χ1) is 14.9. The average Bonchev–Trinajstić information content (AvgIpc) is 2.79. The number of carbonyl (C=O) groups excluding carboxylic acids is 1. The van der Waals surface area contributed by atoms with Gasteiger partial charge in [0.2, 0.25) is 0 Å². The second kappa shape index (κ2) is 8.35. The zero-order valence-electron chi connectivity index (χ0n) is 16.7. The maximum atomic E-state index is 12.2. The lowest BCUT2D eigenvalue weighted by Gasteiger charge is -2.43. The summed E-state index contributed by atoms with van der Waals surface area (Å²) in [7, 11) is 1.27. The normalized spacial score (nSPS) is 18.6. The molecule has 0 spiro atoms. The Hall–Kier alpha value is -3.46. The molecule has 1 amide bonds. The van der Waals surface area contributed by atoms with Crippen LogP contribution in [-0.4, -0.2) is 57.2 Å². The van der Waals surface area contributed by atoms with Crippen molar-refractivity contribution in [1.82, 2.24) is 19.9 Å². The minimum Gasteiger partial charge on any atom is -0.465 e. The average molecular weight is 442 g/mol. The fourth-order valence-electron chi connectivity index (χ4n) is 3.98. The van der Waals surface area contributed by atoms with Gasteiger partial charge in [-0.25, -0.2) is 24.5 Å². The Morgan fingerprint density at radius 1 is 1.23 bits per heavy atom. The summed E-state index contributed by atoms with van der Waals surface area (Å²) in [6.07, 6.45) is 1.68. The van der Waals surface area contributed by atoms with Crippen molar-refractivity contribution in [2.45, 2.75) is 18.4 Å². The predicted molar refractivity (Wildman–Crippen MR) is 114 cm³/mol. The molecule has 31 heavy (non-hydrogen) atoms. The zero-order chi connectivity index (χ0) is 22.0. The van der Waals surface area contributed by atoms with E-state index in [1.807, 2.05) is 30.3 Å². The molecule has 2 aromatic heterocycles. The summed E-state index contributed by atoms with van der Waals surface area (Å²) in [5.74, 6) is -0.236. The molecule has 1 atom stereocenters. The maximum Gasteiger partial charge on any atom is 0.407 e. The van der Waals surface area contributed by atoms with Crippen LogP contribution in [0, 0.1) is 0 Å². The number of anilines is 1. The third-order valence-electron chi connectivity index (χ3n) is 5.41. The second-order valence-corrected chi connectivity index (χ2v) is 7.67. The number of carboxylic acid groups (broad SMARTS) is 1. The van der Waals surface area contributed by atoms with E-state index in [4.69, 9.17) is 16.3 Å². The van der Waals surface area contributed by atoms with Crippen molar-refractivity contribution in [1.29, 1.82) is 0 Å². The second-order valence-electron chi connectivity index (χ2n) is 7.28. The van der Waals surface area contributed by atoms with Crippen molar-refractivity contribution in [3.05, 3.63) is 59.0 Å². The van der Waals surface area contributed by atoms with Gasteiger partial charge in [0.25, 0.3) is 0 Å². The number of ether oxygens (including phenoxy) is 1. The Kier molecular flexibility index (Phi) is 5.60. The monoisotopic (exact) mass is 441 g/mol. The molecule has 4 rings (SSSR count). The summed E-state index contributed by atoms with van der Waals surface area (Å²) in [6.45, 7) is 0.676. The molecule has 10 heteroatoms. The fraction of sp³-hybridized carbons (Fsp3) is 0.286. The van der Waals surface area contributed by atoms with E-state index in [0.717, 1.165) is 5.56 Å². The van der Waals surface area contributed by atoms with Crippen LogP contribution in [-0.2, 0) is 10.3 Å². The van der Waals surface area contributed by atoms with Gasteiger partial charge in [-0.2, -0.15) is 0 Å². The Labute approximate surface area is 183 Å². The maximum absolute atomic E-state index is 12.2. The summed E-state index contributed by atoms with van der Waals surface area (Å²) in [6, 6.07) is 11.0. The van der Waals surface area contributed by atoms with E-state index in [9.17, 15) is 14.7 Å². The SMILES string of the molecule is COC(=O)c1cc(Cl)nc2c(NC3(c4ccccc4)CCCN(C(=O)O)C3)ncnc12. The number of hydrogen-bond donors (Lipinski definition) is 2. The van der Waals surface area contributed by atoms with E-state index >= 15 is 0 Å². The number of halogens is 1. The summed E-state index contributed by atoms with van der Waals surface area (Å²) in [4.78, 5) is 38.2. The molecule has 1 saturated heterocycles. The number of hydrogen-bond acceptors (Lipinski definition) is 7. The van der Waals surface area contributed by atoms with Gasteiger partial charge in [-0.1, -0.05) is 41.9 Å². The van der Waals surface area contributed by atoms with Crippen LogP contribution in [0.1, 0.15) is 28.8 Å². The number of amides is 1. The first-order valence-corrected chi connectivity index (χ1v) is 10.0. The highest BCUT2D eigenvalue weighted by atomic mass is 35.5. The van der Waals surface area contributed by atoms with E-state index in [2.05, 4.69) is 20.3 Å². The van der Waals surface area contributed by atoms with Gasteiger partial charge in [0.05, 0.1) is 24.8 Å². The van der Waals surface area contributed by atoms with E-state index in [0.29, 0.717) is 36.2 Å². The number of likely N-dealkylation sites (tertiary alicyclic amines) is 1. The Morgan fingerprint density at radius 3 is 2.71 bits per heavy atom. The van der Waals surface area contributed by atoms with E-state index < -0.39 is 17.6 Å². The number of methoxy groups -OCH3 is 1. The van der Waals surface area contributed by atoms with Crippen molar-refractivity contribution in [2.75, 3.05) is 25.5 Å². The molecular formula is C21H20ClN5O4. The number of aromatic nitrogens is 3. The topological polar surface area (TPSA) is 118 Å². The molecule has 1 aromatic carbocycles. The number of nitrogens with one attached hydrogen (secondary N) is 1. The fourth-order valence-corrected chi connectivity index (χ4v) is 4.17. The highest BCUT2D eigenvalue weighted by Gasteiger charge is 2.39. The lowest BCUT2D eigenvalue weighted by Crippen LogP contribution is -2.52. The lowest BCUT2D eigenvalue weighted by molar-refractivity contribution is 0.0602. The molecule has 0 saturated carbocycles. The van der Waals surface area contributed by atoms with Crippen LogP contribution in [0.25, 0.3) is 11.0 Å². The molecule has 1 aliphatic heterocycles. The molecule has 2 N–H and O–H groups in total. The van der Waals surface area contributed by atoms with Gasteiger partial charge in [-0.15, -0.1) is 0 Å². The Morgan fingerprint density at radius 2 is 2.00 bits per heavy atom. The van der Waals surface area contributed by atoms with Gasteiger partial charge in [-0.05, 0) is 24.5 Å². The molecule has 1 unspecified atom stereocenters. The van der Waals surface area contributed by atoms with Crippen LogP contribution in [0.15, 0.2) is 42.7 Å². The number of esters is 1. The van der Waals surface area contributed by atoms with Gasteiger partial charge in [0.1, 0.15) is 22.5 Å². The smallest absolute Gasteiger partial charge is 0.407 e. The molecule has 3 heterocycles. The highest BCUT2D eigenvalue weighted by Crippen LogP contribution is 2.36. The number of nitrogens with zero attached hydrogens (tertiary/aromatic N) is 4. The zero-order valence-corrected chi connectivity index (χ0v) is 17.5. The van der Waals surface area contributed by atoms with E-state index in [1.165, 1.54) is 24.4 Å². The molecule has 1 aliphatic rings. The van der Waals surface area contributed by atoms with E-state index in [1.54, 1.807) is 0 Å². The van der Waals surface area contributed by atoms with Crippen LogP contribution in [0.5, 0.6) is 0 Å². The van der Waals surface area contributed by atoms with Gasteiger partial charge < -0.3 is 20.1 Å². The molecule has 1 fully saturated rings. The summed E-state index contributed by atoms with van der Waals surface area (Å²) in [5, 5.41) is 13.1. The third kappa shape index (κ3) is 3.96. The summed E-state index contributed by atoms with van der Waals surface area (Å²) >= 11 is 6.17. The number of rotatable bonds is 4. The van der Waals surface area contributed by atoms with Crippen molar-refractivity contribution >= 4 is 40.5 Å². The van der Waals surface area contributed by atoms with Crippen LogP contribution >= 0.6 is 11.6 Å². The molecule has 0 bridgehead atoms. The number of fused-ring (bicyclic) bond motifs is 1. The van der Waals surface area contributed by atoms with Gasteiger partial charge in [-0.3, -0.25) is 0 Å². The van der Waals surface area contributed by atoms with Crippen LogP contribution in [0.3, 0.4) is 0 Å². The van der Waals surface area contributed by atoms with Crippen LogP contribution in [0.2, 0.25) is 5.15 Å². The largest absolute Gasteiger partial charge is 0.465 e. The molecule has 0 radical (unpaired) electrons. The lowest BCUT2D eigenvalue weighted by atomic mass is 9.82. The number of pyridine rings is 1. The number of piperidine rings is 1. The Bertz CT molecular complexity index is 1140. The van der Waals surface area contributed by atoms with Gasteiger partial charge in [0.15, 0.2) is 5.82 Å². The third-order valence-corrected chi connectivity index (χ3v) is 5.61. The standard InChI is InChI=1S/C21H20ClN5O4/c1-31-19(28)14-10-15(22)25-17-16(14)23-12-24-18(17)26-21(13-6-3-2-4-7-13)8-5-9-27(11-21)20(29)30/h2-4,6-7,10,12H,5,8-9,11H2,1H3,(H,29,30)(H,23,24,26). The molecule has 0 aliphatic carbocycles. The van der Waals surface area contributed by atoms with Crippen LogP contribution in [0.4, 0.5) is 10.6 Å². The minimum absolute atomic E-state index is 0.0929. The molecule has 3 aromatic rings. The quantitative estimate of drug-likeness (QED) is 0.466. The first-order valence-electron chi connectivity index (χ1n) is 9.65.